The summed E-state index contributed by atoms with van der Waals surface area (Å²) in [6.07, 6.45) is 4.19. The molecule has 0 atom stereocenters. The summed E-state index contributed by atoms with van der Waals surface area (Å²) in [4.78, 5) is 17.8. The summed E-state index contributed by atoms with van der Waals surface area (Å²) in [6.45, 7) is 5.18. The molecule has 1 aliphatic carbocycles. The summed E-state index contributed by atoms with van der Waals surface area (Å²) in [7, 11) is 1.63. The van der Waals surface area contributed by atoms with Crippen molar-refractivity contribution in [2.24, 2.45) is 0 Å². The predicted octanol–water partition coefficient (Wildman–Crippen LogP) is 4.00. The van der Waals surface area contributed by atoms with Gasteiger partial charge in [0.2, 0.25) is 0 Å². The van der Waals surface area contributed by atoms with Crippen molar-refractivity contribution in [3.8, 4) is 11.5 Å². The highest BCUT2D eigenvalue weighted by molar-refractivity contribution is 7.11. The number of ether oxygens (including phenoxy) is 2. The topological polar surface area (TPSA) is 50.8 Å². The van der Waals surface area contributed by atoms with E-state index in [0.717, 1.165) is 45.3 Å². The largest absolute Gasteiger partial charge is 0.497 e. The van der Waals surface area contributed by atoms with Crippen LogP contribution in [-0.4, -0.2) is 43.2 Å². The zero-order valence-electron chi connectivity index (χ0n) is 16.6. The minimum Gasteiger partial charge on any atom is -0.497 e. The number of nitrogens with one attached hydrogen (secondary N) is 1. The van der Waals surface area contributed by atoms with Crippen LogP contribution in [0.25, 0.3) is 0 Å². The van der Waals surface area contributed by atoms with Crippen LogP contribution >= 0.6 is 11.3 Å². The van der Waals surface area contributed by atoms with Crippen molar-refractivity contribution in [1.29, 1.82) is 0 Å². The van der Waals surface area contributed by atoms with Crippen molar-refractivity contribution in [2.45, 2.75) is 51.3 Å². The smallest absolute Gasteiger partial charge is 0.255 e. The van der Waals surface area contributed by atoms with Crippen LogP contribution in [0.3, 0.4) is 0 Å². The predicted molar refractivity (Wildman–Crippen MR) is 111 cm³/mol. The number of thiophene rings is 1. The first-order valence-electron chi connectivity index (χ1n) is 10.0. The fourth-order valence-corrected chi connectivity index (χ4v) is 4.49. The van der Waals surface area contributed by atoms with E-state index in [-0.39, 0.29) is 12.0 Å². The van der Waals surface area contributed by atoms with Gasteiger partial charge in [-0.25, -0.2) is 0 Å². The molecule has 0 bridgehead atoms. The standard InChI is InChI=1S/C22H28N2O3S/c1-15-3-7-19(28-15)14-24-11-9-17(10-12-24)27-21-13-18(26-2)6-8-20(21)22(25)23-16-4-5-16/h3,6-8,13,16-17H,4-5,9-12,14H2,1-2H3,(H,23,25). The van der Waals surface area contributed by atoms with Crippen molar-refractivity contribution >= 4 is 17.2 Å². The number of likely N-dealkylation sites (tertiary alicyclic amines) is 1. The molecule has 2 aromatic rings. The molecule has 28 heavy (non-hydrogen) atoms. The molecule has 2 fully saturated rings. The van der Waals surface area contributed by atoms with E-state index < -0.39 is 0 Å². The van der Waals surface area contributed by atoms with Crippen molar-refractivity contribution < 1.29 is 14.3 Å². The first-order chi connectivity index (χ1) is 13.6. The SMILES string of the molecule is COc1ccc(C(=O)NC2CC2)c(OC2CCN(Cc3ccc(C)s3)CC2)c1. The molecule has 1 amide bonds. The van der Waals surface area contributed by atoms with Gasteiger partial charge in [-0.3, -0.25) is 9.69 Å². The highest BCUT2D eigenvalue weighted by Crippen LogP contribution is 2.29. The zero-order chi connectivity index (χ0) is 19.5. The lowest BCUT2D eigenvalue weighted by Gasteiger charge is -2.32. The van der Waals surface area contributed by atoms with E-state index in [9.17, 15) is 4.79 Å². The highest BCUT2D eigenvalue weighted by atomic mass is 32.1. The Balaban J connectivity index is 1.37. The van der Waals surface area contributed by atoms with Crippen LogP contribution in [-0.2, 0) is 6.54 Å². The van der Waals surface area contributed by atoms with Gasteiger partial charge in [-0.1, -0.05) is 0 Å². The minimum atomic E-state index is -0.0503. The van der Waals surface area contributed by atoms with Gasteiger partial charge >= 0.3 is 0 Å². The Morgan fingerprint density at radius 3 is 2.61 bits per heavy atom. The van der Waals surface area contributed by atoms with Gasteiger partial charge in [-0.05, 0) is 56.9 Å². The number of carbonyl (C=O) groups is 1. The zero-order valence-corrected chi connectivity index (χ0v) is 17.4. The van der Waals surface area contributed by atoms with Crippen molar-refractivity contribution in [3.63, 3.8) is 0 Å². The van der Waals surface area contributed by atoms with Gasteiger partial charge < -0.3 is 14.8 Å². The Morgan fingerprint density at radius 2 is 1.96 bits per heavy atom. The van der Waals surface area contributed by atoms with Gasteiger partial charge in [0.25, 0.3) is 5.91 Å². The van der Waals surface area contributed by atoms with Crippen LogP contribution in [0.15, 0.2) is 30.3 Å². The lowest BCUT2D eigenvalue weighted by Crippen LogP contribution is -2.38. The van der Waals surface area contributed by atoms with Gasteiger partial charge in [0.15, 0.2) is 0 Å². The van der Waals surface area contributed by atoms with Gasteiger partial charge in [0.1, 0.15) is 17.6 Å². The number of hydrogen-bond donors (Lipinski definition) is 1. The quantitative estimate of drug-likeness (QED) is 0.763. The summed E-state index contributed by atoms with van der Waals surface area (Å²) in [5.41, 5.74) is 0.601. The number of nitrogens with zero attached hydrogens (tertiary/aromatic N) is 1. The second-order valence-corrected chi connectivity index (χ2v) is 9.09. The molecule has 2 aliphatic rings. The number of carbonyl (C=O) groups excluding carboxylic acids is 1. The van der Waals surface area contributed by atoms with Gasteiger partial charge in [-0.2, -0.15) is 0 Å². The third-order valence-corrected chi connectivity index (χ3v) is 6.34. The minimum absolute atomic E-state index is 0.0503. The van der Waals surface area contributed by atoms with Gasteiger partial charge in [0.05, 0.1) is 12.7 Å². The molecular formula is C22H28N2O3S. The number of amides is 1. The van der Waals surface area contributed by atoms with Crippen molar-refractivity contribution in [3.05, 3.63) is 45.6 Å². The van der Waals surface area contributed by atoms with E-state index in [2.05, 4.69) is 29.3 Å². The van der Waals surface area contributed by atoms with Crippen molar-refractivity contribution in [2.75, 3.05) is 20.2 Å². The van der Waals surface area contributed by atoms with E-state index in [1.165, 1.54) is 9.75 Å². The normalized spacial score (nSPS) is 18.1. The summed E-state index contributed by atoms with van der Waals surface area (Å²) < 4.78 is 11.6. The number of methoxy groups -OCH3 is 1. The second kappa shape index (κ2) is 8.53. The third kappa shape index (κ3) is 4.86. The number of benzene rings is 1. The Kier molecular flexibility index (Phi) is 5.87. The molecule has 6 heteroatoms. The Morgan fingerprint density at radius 1 is 1.18 bits per heavy atom. The average molecular weight is 401 g/mol. The lowest BCUT2D eigenvalue weighted by atomic mass is 10.1. The molecule has 1 N–H and O–H groups in total. The maximum absolute atomic E-state index is 12.6. The number of rotatable bonds is 7. The highest BCUT2D eigenvalue weighted by Gasteiger charge is 2.27. The lowest BCUT2D eigenvalue weighted by molar-refractivity contribution is 0.0891. The molecule has 0 unspecified atom stereocenters. The van der Waals surface area contributed by atoms with E-state index in [1.807, 2.05) is 23.5 Å². The second-order valence-electron chi connectivity index (χ2n) is 7.72. The molecule has 4 rings (SSSR count). The molecule has 0 radical (unpaired) electrons. The van der Waals surface area contributed by atoms with Gasteiger partial charge in [0, 0.05) is 41.5 Å². The van der Waals surface area contributed by atoms with Crippen LogP contribution in [0.5, 0.6) is 11.5 Å². The Bertz CT molecular complexity index is 823. The molecule has 5 nitrogen and oxygen atoms in total. The number of hydrogen-bond acceptors (Lipinski definition) is 5. The fraction of sp³-hybridized carbons (Fsp3) is 0.500. The van der Waals surface area contributed by atoms with E-state index in [4.69, 9.17) is 9.47 Å². The summed E-state index contributed by atoms with van der Waals surface area (Å²) in [6, 6.07) is 10.2. The molecule has 1 aromatic heterocycles. The van der Waals surface area contributed by atoms with E-state index >= 15 is 0 Å². The van der Waals surface area contributed by atoms with E-state index in [1.54, 1.807) is 13.2 Å². The molecule has 1 saturated heterocycles. The molecule has 0 spiro atoms. The first-order valence-corrected chi connectivity index (χ1v) is 10.9. The average Bonchev–Trinajstić information content (AvgIpc) is 3.42. The first kappa shape index (κ1) is 19.3. The van der Waals surface area contributed by atoms with Crippen LogP contribution in [0.4, 0.5) is 0 Å². The molecular weight excluding hydrogens is 372 g/mol. The maximum Gasteiger partial charge on any atom is 0.255 e. The van der Waals surface area contributed by atoms with Crippen LogP contribution < -0.4 is 14.8 Å². The molecule has 1 saturated carbocycles. The van der Waals surface area contributed by atoms with Gasteiger partial charge in [-0.15, -0.1) is 11.3 Å². The molecule has 1 aliphatic heterocycles. The van der Waals surface area contributed by atoms with Crippen LogP contribution in [0, 0.1) is 6.92 Å². The molecule has 1 aromatic carbocycles. The fourth-order valence-electron chi connectivity index (χ4n) is 3.56. The number of aryl methyl sites for hydroxylation is 1. The molecule has 2 heterocycles. The van der Waals surface area contributed by atoms with Crippen LogP contribution in [0.2, 0.25) is 0 Å². The molecule has 150 valence electrons. The Hall–Kier alpha value is -2.05. The summed E-state index contributed by atoms with van der Waals surface area (Å²) >= 11 is 1.87. The summed E-state index contributed by atoms with van der Waals surface area (Å²) in [5, 5.41) is 3.05. The van der Waals surface area contributed by atoms with Crippen molar-refractivity contribution in [1.82, 2.24) is 10.2 Å². The monoisotopic (exact) mass is 400 g/mol. The third-order valence-electron chi connectivity index (χ3n) is 5.35. The Labute approximate surface area is 170 Å². The van der Waals surface area contributed by atoms with Crippen LogP contribution in [0.1, 0.15) is 45.8 Å². The maximum atomic E-state index is 12.6. The number of piperidine rings is 1. The van der Waals surface area contributed by atoms with E-state index in [0.29, 0.717) is 23.1 Å². The summed E-state index contributed by atoms with van der Waals surface area (Å²) in [5.74, 6) is 1.29.